The van der Waals surface area contributed by atoms with Gasteiger partial charge in [-0.25, -0.2) is 0 Å². The van der Waals surface area contributed by atoms with Gasteiger partial charge in [0.2, 0.25) is 0 Å². The van der Waals surface area contributed by atoms with E-state index in [4.69, 9.17) is 5.73 Å². The zero-order valence-electron chi connectivity index (χ0n) is 10.9. The topological polar surface area (TPSA) is 29.3 Å². The maximum atomic E-state index is 5.84. The van der Waals surface area contributed by atoms with Crippen molar-refractivity contribution in [3.05, 3.63) is 0 Å². The molecule has 1 rings (SSSR count). The van der Waals surface area contributed by atoms with Crippen molar-refractivity contribution in [3.63, 3.8) is 0 Å². The zero-order chi connectivity index (χ0) is 11.4. The molecule has 0 radical (unpaired) electrons. The van der Waals surface area contributed by atoms with E-state index in [2.05, 4.69) is 32.6 Å². The Morgan fingerprint density at radius 3 is 2.53 bits per heavy atom. The summed E-state index contributed by atoms with van der Waals surface area (Å²) in [5, 5.41) is 0. The van der Waals surface area contributed by atoms with Crippen LogP contribution in [0.1, 0.15) is 40.5 Å². The van der Waals surface area contributed by atoms with Crippen LogP contribution >= 0.6 is 0 Å². The van der Waals surface area contributed by atoms with Crippen molar-refractivity contribution in [2.45, 2.75) is 46.6 Å². The lowest BCUT2D eigenvalue weighted by Gasteiger charge is -2.40. The fourth-order valence-corrected chi connectivity index (χ4v) is 2.54. The summed E-state index contributed by atoms with van der Waals surface area (Å²) in [5.74, 6) is 2.22. The summed E-state index contributed by atoms with van der Waals surface area (Å²) >= 11 is 0. The number of nitrogens with two attached hydrogens (primary N) is 1. The molecule has 0 aromatic carbocycles. The van der Waals surface area contributed by atoms with E-state index >= 15 is 0 Å². The molecule has 15 heavy (non-hydrogen) atoms. The van der Waals surface area contributed by atoms with E-state index in [9.17, 15) is 0 Å². The van der Waals surface area contributed by atoms with Gasteiger partial charge < -0.3 is 10.6 Å². The van der Waals surface area contributed by atoms with Crippen LogP contribution in [0.5, 0.6) is 0 Å². The number of likely N-dealkylation sites (tertiary alicyclic amines) is 1. The van der Waals surface area contributed by atoms with Crippen LogP contribution in [0.25, 0.3) is 0 Å². The van der Waals surface area contributed by atoms with Crippen molar-refractivity contribution in [1.82, 2.24) is 4.90 Å². The second-order valence-electron chi connectivity index (χ2n) is 5.59. The van der Waals surface area contributed by atoms with Crippen LogP contribution in [-0.2, 0) is 0 Å². The van der Waals surface area contributed by atoms with Gasteiger partial charge in [0.1, 0.15) is 0 Å². The lowest BCUT2D eigenvalue weighted by atomic mass is 9.89. The molecule has 3 atom stereocenters. The van der Waals surface area contributed by atoms with Crippen LogP contribution in [0.4, 0.5) is 0 Å². The molecular formula is C13H28N2. The summed E-state index contributed by atoms with van der Waals surface area (Å²) in [4.78, 5) is 2.64. The summed E-state index contributed by atoms with van der Waals surface area (Å²) in [6, 6.07) is 0.742. The van der Waals surface area contributed by atoms with Gasteiger partial charge in [0, 0.05) is 12.6 Å². The van der Waals surface area contributed by atoms with Crippen LogP contribution in [0.15, 0.2) is 0 Å². The van der Waals surface area contributed by atoms with Crippen molar-refractivity contribution >= 4 is 0 Å². The Bertz CT molecular complexity index is 179. The Hall–Kier alpha value is -0.0800. The minimum absolute atomic E-state index is 0.665. The van der Waals surface area contributed by atoms with Crippen LogP contribution in [0, 0.1) is 17.8 Å². The Balaban J connectivity index is 2.48. The molecule has 1 fully saturated rings. The molecule has 1 aliphatic heterocycles. The van der Waals surface area contributed by atoms with Gasteiger partial charge in [-0.2, -0.15) is 0 Å². The SMILES string of the molecule is CC(C)C(CN)CN1CCCC(C)C1C. The standard InChI is InChI=1S/C13H28N2/c1-10(2)13(8-14)9-15-7-5-6-11(3)12(15)4/h10-13H,5-9,14H2,1-4H3. The first-order chi connectivity index (χ1) is 7.06. The average molecular weight is 212 g/mol. The molecule has 0 aromatic heterocycles. The fraction of sp³-hybridized carbons (Fsp3) is 1.00. The summed E-state index contributed by atoms with van der Waals surface area (Å²) in [5.41, 5.74) is 5.84. The van der Waals surface area contributed by atoms with Crippen molar-refractivity contribution in [1.29, 1.82) is 0 Å². The summed E-state index contributed by atoms with van der Waals surface area (Å²) < 4.78 is 0. The van der Waals surface area contributed by atoms with Crippen molar-refractivity contribution in [3.8, 4) is 0 Å². The first-order valence-corrected chi connectivity index (χ1v) is 6.50. The molecule has 0 spiro atoms. The van der Waals surface area contributed by atoms with E-state index in [1.807, 2.05) is 0 Å². The average Bonchev–Trinajstić information content (AvgIpc) is 2.19. The lowest BCUT2D eigenvalue weighted by molar-refractivity contribution is 0.0872. The van der Waals surface area contributed by atoms with Crippen LogP contribution < -0.4 is 5.73 Å². The fourth-order valence-electron chi connectivity index (χ4n) is 2.54. The predicted octanol–water partition coefficient (Wildman–Crippen LogP) is 2.34. The molecule has 0 aromatic rings. The largest absolute Gasteiger partial charge is 0.330 e. The van der Waals surface area contributed by atoms with Crippen molar-refractivity contribution in [2.24, 2.45) is 23.5 Å². The molecule has 2 nitrogen and oxygen atoms in total. The van der Waals surface area contributed by atoms with Gasteiger partial charge in [0.25, 0.3) is 0 Å². The monoisotopic (exact) mass is 212 g/mol. The van der Waals surface area contributed by atoms with Crippen LogP contribution in [0.3, 0.4) is 0 Å². The number of hydrogen-bond acceptors (Lipinski definition) is 2. The first-order valence-electron chi connectivity index (χ1n) is 6.50. The number of piperidine rings is 1. The number of hydrogen-bond donors (Lipinski definition) is 1. The molecule has 2 heteroatoms. The Kier molecular flexibility index (Phi) is 5.07. The highest BCUT2D eigenvalue weighted by Gasteiger charge is 2.26. The van der Waals surface area contributed by atoms with E-state index in [0.717, 1.165) is 18.5 Å². The summed E-state index contributed by atoms with van der Waals surface area (Å²) in [6.45, 7) is 12.6. The molecule has 1 aliphatic rings. The molecule has 0 saturated carbocycles. The minimum Gasteiger partial charge on any atom is -0.330 e. The van der Waals surface area contributed by atoms with Gasteiger partial charge in [-0.15, -0.1) is 0 Å². The normalized spacial score (nSPS) is 30.8. The Morgan fingerprint density at radius 1 is 1.33 bits per heavy atom. The molecule has 90 valence electrons. The molecule has 2 N–H and O–H groups in total. The smallest absolute Gasteiger partial charge is 0.00926 e. The third-order valence-electron chi connectivity index (χ3n) is 4.22. The van der Waals surface area contributed by atoms with Crippen molar-refractivity contribution in [2.75, 3.05) is 19.6 Å². The van der Waals surface area contributed by atoms with Gasteiger partial charge in [0.05, 0.1) is 0 Å². The van der Waals surface area contributed by atoms with E-state index < -0.39 is 0 Å². The molecule has 1 saturated heterocycles. The van der Waals surface area contributed by atoms with Gasteiger partial charge in [-0.3, -0.25) is 0 Å². The van der Waals surface area contributed by atoms with Gasteiger partial charge in [-0.05, 0) is 50.6 Å². The summed E-state index contributed by atoms with van der Waals surface area (Å²) in [7, 11) is 0. The molecular weight excluding hydrogens is 184 g/mol. The third-order valence-corrected chi connectivity index (χ3v) is 4.22. The highest BCUT2D eigenvalue weighted by molar-refractivity contribution is 4.81. The lowest BCUT2D eigenvalue weighted by Crippen LogP contribution is -2.46. The van der Waals surface area contributed by atoms with Gasteiger partial charge >= 0.3 is 0 Å². The number of nitrogens with zero attached hydrogens (tertiary/aromatic N) is 1. The zero-order valence-corrected chi connectivity index (χ0v) is 10.9. The van der Waals surface area contributed by atoms with E-state index in [1.54, 1.807) is 0 Å². The number of rotatable bonds is 4. The maximum Gasteiger partial charge on any atom is 0.00926 e. The maximum absolute atomic E-state index is 5.84. The Labute approximate surface area is 95.2 Å². The molecule has 0 amide bonds. The molecule has 0 bridgehead atoms. The van der Waals surface area contributed by atoms with Crippen LogP contribution in [0.2, 0.25) is 0 Å². The highest BCUT2D eigenvalue weighted by atomic mass is 15.2. The second kappa shape index (κ2) is 5.86. The van der Waals surface area contributed by atoms with E-state index in [0.29, 0.717) is 11.8 Å². The van der Waals surface area contributed by atoms with Crippen molar-refractivity contribution < 1.29 is 0 Å². The quantitative estimate of drug-likeness (QED) is 0.775. The van der Waals surface area contributed by atoms with Gasteiger partial charge in [0.15, 0.2) is 0 Å². The minimum atomic E-state index is 0.665. The first kappa shape index (κ1) is 13.0. The highest BCUT2D eigenvalue weighted by Crippen LogP contribution is 2.24. The molecule has 3 unspecified atom stereocenters. The van der Waals surface area contributed by atoms with Gasteiger partial charge in [-0.1, -0.05) is 20.8 Å². The second-order valence-corrected chi connectivity index (χ2v) is 5.59. The van der Waals surface area contributed by atoms with Crippen LogP contribution in [-0.4, -0.2) is 30.6 Å². The molecule has 1 heterocycles. The van der Waals surface area contributed by atoms with E-state index in [1.165, 1.54) is 25.9 Å². The molecule has 0 aliphatic carbocycles. The summed E-state index contributed by atoms with van der Waals surface area (Å²) in [6.07, 6.45) is 2.76. The third kappa shape index (κ3) is 3.46. The van der Waals surface area contributed by atoms with E-state index in [-0.39, 0.29) is 0 Å². The predicted molar refractivity (Wildman–Crippen MR) is 66.8 cm³/mol. The Morgan fingerprint density at radius 2 is 2.00 bits per heavy atom.